The van der Waals surface area contributed by atoms with Crippen molar-refractivity contribution < 1.29 is 27.8 Å². The van der Waals surface area contributed by atoms with Crippen LogP contribution in [0.25, 0.3) is 22.6 Å². The molecule has 28 heavy (non-hydrogen) atoms. The van der Waals surface area contributed by atoms with Gasteiger partial charge in [-0.15, -0.1) is 0 Å². The summed E-state index contributed by atoms with van der Waals surface area (Å²) in [4.78, 5) is 25.1. The van der Waals surface area contributed by atoms with Crippen LogP contribution in [0, 0.1) is 0 Å². The third kappa shape index (κ3) is 5.53. The number of alkyl halides is 3. The number of nitrogens with one attached hydrogen (secondary N) is 1. The Labute approximate surface area is 158 Å². The Kier molecular flexibility index (Phi) is 6.69. The van der Waals surface area contributed by atoms with E-state index in [2.05, 4.69) is 26.9 Å². The summed E-state index contributed by atoms with van der Waals surface area (Å²) in [5.74, 6) is -1.24. The Hall–Kier alpha value is -3.43. The van der Waals surface area contributed by atoms with Crippen molar-refractivity contribution >= 4 is 5.97 Å². The first-order valence-corrected chi connectivity index (χ1v) is 8.04. The number of aromatic nitrogens is 4. The number of hydrogen-bond donors (Lipinski definition) is 2. The highest BCUT2D eigenvalue weighted by Crippen LogP contribution is 2.25. The van der Waals surface area contributed by atoms with Crippen LogP contribution in [-0.4, -0.2) is 44.3 Å². The van der Waals surface area contributed by atoms with Crippen molar-refractivity contribution in [2.24, 2.45) is 0 Å². The Morgan fingerprint density at radius 3 is 2.46 bits per heavy atom. The first kappa shape index (κ1) is 20.9. The normalized spacial score (nSPS) is 10.8. The highest BCUT2D eigenvalue weighted by atomic mass is 19.4. The predicted molar refractivity (Wildman–Crippen MR) is 94.7 cm³/mol. The molecule has 3 aromatic rings. The Morgan fingerprint density at radius 1 is 1.18 bits per heavy atom. The number of carbonyl (C=O) groups is 1. The standard InChI is InChI=1S/C16H16N4O.C2HF3O2/c1-3-13-9-19-16(20-13)15-7-11(4-5-18-15)12-6-14(21-2)10-17-8-12;3-2(4,5)1(6)7/h4-10H,3H2,1-2H3,(H,19,20);(H,6,7). The number of carboxylic acid groups (broad SMARTS) is 1. The molecule has 0 amide bonds. The molecular formula is C18H17F3N4O3. The van der Waals surface area contributed by atoms with Gasteiger partial charge in [0.15, 0.2) is 5.82 Å². The molecule has 0 aromatic carbocycles. The van der Waals surface area contributed by atoms with Crippen molar-refractivity contribution in [2.75, 3.05) is 7.11 Å². The number of halogens is 3. The number of carboxylic acids is 1. The fraction of sp³-hybridized carbons (Fsp3) is 0.222. The van der Waals surface area contributed by atoms with Gasteiger partial charge in [0, 0.05) is 29.8 Å². The molecule has 0 spiro atoms. The number of imidazole rings is 1. The van der Waals surface area contributed by atoms with Crippen LogP contribution < -0.4 is 4.74 Å². The third-order valence-electron chi connectivity index (χ3n) is 3.54. The Morgan fingerprint density at radius 2 is 1.89 bits per heavy atom. The largest absolute Gasteiger partial charge is 0.495 e. The molecule has 0 bridgehead atoms. The van der Waals surface area contributed by atoms with Crippen LogP contribution in [0.3, 0.4) is 0 Å². The lowest BCUT2D eigenvalue weighted by molar-refractivity contribution is -0.192. The van der Waals surface area contributed by atoms with Gasteiger partial charge in [-0.05, 0) is 30.2 Å². The molecule has 0 aliphatic carbocycles. The van der Waals surface area contributed by atoms with Crippen molar-refractivity contribution in [1.82, 2.24) is 19.9 Å². The van der Waals surface area contributed by atoms with Gasteiger partial charge in [-0.1, -0.05) is 6.92 Å². The topological polar surface area (TPSA) is 101 Å². The lowest BCUT2D eigenvalue weighted by Crippen LogP contribution is -2.21. The van der Waals surface area contributed by atoms with Crippen LogP contribution in [0.4, 0.5) is 13.2 Å². The molecule has 0 atom stereocenters. The molecule has 0 fully saturated rings. The zero-order valence-corrected chi connectivity index (χ0v) is 15.0. The minimum Gasteiger partial charge on any atom is -0.495 e. The van der Waals surface area contributed by atoms with Gasteiger partial charge in [-0.3, -0.25) is 9.97 Å². The third-order valence-corrected chi connectivity index (χ3v) is 3.54. The van der Waals surface area contributed by atoms with E-state index in [9.17, 15) is 13.2 Å². The van der Waals surface area contributed by atoms with E-state index in [0.29, 0.717) is 0 Å². The minimum atomic E-state index is -5.08. The first-order valence-electron chi connectivity index (χ1n) is 8.04. The number of hydrogen-bond acceptors (Lipinski definition) is 5. The zero-order chi connectivity index (χ0) is 20.7. The molecule has 0 saturated heterocycles. The Bertz CT molecular complexity index is 942. The van der Waals surface area contributed by atoms with E-state index in [0.717, 1.165) is 40.5 Å². The van der Waals surface area contributed by atoms with E-state index in [-0.39, 0.29) is 0 Å². The van der Waals surface area contributed by atoms with Crippen molar-refractivity contribution in [3.63, 3.8) is 0 Å². The maximum absolute atomic E-state index is 10.6. The average Bonchev–Trinajstić information content (AvgIpc) is 3.17. The molecule has 148 valence electrons. The molecule has 3 rings (SSSR count). The number of rotatable bonds is 4. The van der Waals surface area contributed by atoms with Crippen LogP contribution >= 0.6 is 0 Å². The maximum atomic E-state index is 10.6. The van der Waals surface area contributed by atoms with Crippen LogP contribution in [0.2, 0.25) is 0 Å². The van der Waals surface area contributed by atoms with Gasteiger partial charge < -0.3 is 14.8 Å². The van der Waals surface area contributed by atoms with E-state index in [1.807, 2.05) is 24.4 Å². The fourth-order valence-electron chi connectivity index (χ4n) is 2.10. The number of H-pyrrole nitrogens is 1. The van der Waals surface area contributed by atoms with E-state index in [1.165, 1.54) is 0 Å². The number of aromatic amines is 1. The summed E-state index contributed by atoms with van der Waals surface area (Å²) in [6, 6.07) is 5.89. The predicted octanol–water partition coefficient (Wildman–Crippen LogP) is 3.74. The lowest BCUT2D eigenvalue weighted by atomic mass is 10.1. The summed E-state index contributed by atoms with van der Waals surface area (Å²) in [6.07, 6.45) is 2.95. The number of methoxy groups -OCH3 is 1. The fourth-order valence-corrected chi connectivity index (χ4v) is 2.10. The number of ether oxygens (including phenoxy) is 1. The minimum absolute atomic E-state index is 0.733. The van der Waals surface area contributed by atoms with Crippen molar-refractivity contribution in [1.29, 1.82) is 0 Å². The lowest BCUT2D eigenvalue weighted by Gasteiger charge is -2.05. The maximum Gasteiger partial charge on any atom is 0.490 e. The van der Waals surface area contributed by atoms with Gasteiger partial charge in [-0.2, -0.15) is 13.2 Å². The van der Waals surface area contributed by atoms with E-state index < -0.39 is 12.1 Å². The number of aliphatic carboxylic acids is 1. The highest BCUT2D eigenvalue weighted by Gasteiger charge is 2.38. The smallest absolute Gasteiger partial charge is 0.490 e. The van der Waals surface area contributed by atoms with Gasteiger partial charge in [-0.25, -0.2) is 9.78 Å². The Balaban J connectivity index is 0.000000345. The van der Waals surface area contributed by atoms with Crippen LogP contribution in [0.15, 0.2) is 43.0 Å². The molecule has 0 unspecified atom stereocenters. The van der Waals surface area contributed by atoms with E-state index in [1.54, 1.807) is 25.7 Å². The summed E-state index contributed by atoms with van der Waals surface area (Å²) < 4.78 is 36.9. The highest BCUT2D eigenvalue weighted by molar-refractivity contribution is 5.73. The van der Waals surface area contributed by atoms with Crippen molar-refractivity contribution in [3.8, 4) is 28.4 Å². The van der Waals surface area contributed by atoms with Gasteiger partial charge in [0.25, 0.3) is 0 Å². The molecule has 2 N–H and O–H groups in total. The summed E-state index contributed by atoms with van der Waals surface area (Å²) in [7, 11) is 1.63. The summed E-state index contributed by atoms with van der Waals surface area (Å²) in [5.41, 5.74) is 3.93. The first-order chi connectivity index (χ1) is 13.2. The molecule has 10 heteroatoms. The average molecular weight is 394 g/mol. The molecule has 0 radical (unpaired) electrons. The molecule has 0 saturated carbocycles. The molecular weight excluding hydrogens is 377 g/mol. The number of pyridine rings is 2. The summed E-state index contributed by atoms with van der Waals surface area (Å²) >= 11 is 0. The molecule has 0 aliphatic rings. The zero-order valence-electron chi connectivity index (χ0n) is 15.0. The van der Waals surface area contributed by atoms with Gasteiger partial charge in [0.2, 0.25) is 0 Å². The van der Waals surface area contributed by atoms with Gasteiger partial charge in [0.05, 0.1) is 13.3 Å². The summed E-state index contributed by atoms with van der Waals surface area (Å²) in [6.45, 7) is 2.09. The molecule has 0 aliphatic heterocycles. The van der Waals surface area contributed by atoms with Crippen LogP contribution in [-0.2, 0) is 11.2 Å². The second kappa shape index (κ2) is 8.98. The SMILES string of the molecule is CCc1cnc(-c2cc(-c3cncc(OC)c3)ccn2)[nH]1.O=C(O)C(F)(F)F. The second-order valence-corrected chi connectivity index (χ2v) is 5.46. The monoisotopic (exact) mass is 394 g/mol. The molecule has 7 nitrogen and oxygen atoms in total. The van der Waals surface area contributed by atoms with Crippen LogP contribution in [0.1, 0.15) is 12.6 Å². The quantitative estimate of drug-likeness (QED) is 0.699. The second-order valence-electron chi connectivity index (χ2n) is 5.46. The van der Waals surface area contributed by atoms with Gasteiger partial charge in [0.1, 0.15) is 11.4 Å². The summed E-state index contributed by atoms with van der Waals surface area (Å²) in [5, 5.41) is 7.12. The van der Waals surface area contributed by atoms with Crippen molar-refractivity contribution in [3.05, 3.63) is 48.7 Å². The van der Waals surface area contributed by atoms with E-state index >= 15 is 0 Å². The van der Waals surface area contributed by atoms with E-state index in [4.69, 9.17) is 14.6 Å². The molecule has 3 heterocycles. The number of aryl methyl sites for hydroxylation is 1. The van der Waals surface area contributed by atoms with Gasteiger partial charge >= 0.3 is 12.1 Å². The van der Waals surface area contributed by atoms with Crippen LogP contribution in [0.5, 0.6) is 5.75 Å². The number of nitrogens with zero attached hydrogens (tertiary/aromatic N) is 3. The molecule has 3 aromatic heterocycles. The van der Waals surface area contributed by atoms with Crippen molar-refractivity contribution in [2.45, 2.75) is 19.5 Å².